The molecule has 0 atom stereocenters. The molecule has 0 aromatic heterocycles. The molecule has 1 aliphatic rings. The first-order valence-electron chi connectivity index (χ1n) is 5.80. The minimum atomic E-state index is -1.41. The molecule has 5 heteroatoms. The molecule has 1 aromatic rings. The maximum atomic E-state index is 12.4. The second-order valence-electron chi connectivity index (χ2n) is 4.27. The highest BCUT2D eigenvalue weighted by Crippen LogP contribution is 2.32. The lowest BCUT2D eigenvalue weighted by Crippen LogP contribution is -2.60. The van der Waals surface area contributed by atoms with E-state index < -0.39 is 17.3 Å². The van der Waals surface area contributed by atoms with Crippen LogP contribution < -0.4 is 4.90 Å². The second-order valence-corrected chi connectivity index (χ2v) is 4.27. The van der Waals surface area contributed by atoms with Crippen LogP contribution in [0.2, 0.25) is 0 Å². The zero-order valence-corrected chi connectivity index (χ0v) is 10.1. The third kappa shape index (κ3) is 1.86. The van der Waals surface area contributed by atoms with Gasteiger partial charge >= 0.3 is 5.97 Å². The maximum Gasteiger partial charge on any atom is 0.324 e. The number of carboxylic acids is 1. The molecule has 0 bridgehead atoms. The molecule has 1 aliphatic heterocycles. The van der Waals surface area contributed by atoms with Gasteiger partial charge in [-0.3, -0.25) is 9.59 Å². The topological polar surface area (TPSA) is 66.8 Å². The Bertz CT molecular complexity index is 453. The normalized spacial score (nSPS) is 16.7. The van der Waals surface area contributed by atoms with Gasteiger partial charge in [0.25, 0.3) is 0 Å². The molecule has 0 saturated carbocycles. The Morgan fingerprint density at radius 3 is 2.33 bits per heavy atom. The van der Waals surface area contributed by atoms with E-state index in [1.54, 1.807) is 12.1 Å². The van der Waals surface area contributed by atoms with Crippen LogP contribution in [0.1, 0.15) is 6.92 Å². The van der Waals surface area contributed by atoms with E-state index in [4.69, 9.17) is 4.74 Å². The number of rotatable bonds is 4. The van der Waals surface area contributed by atoms with Crippen molar-refractivity contribution in [2.45, 2.75) is 6.92 Å². The van der Waals surface area contributed by atoms with Gasteiger partial charge in [0.2, 0.25) is 5.91 Å². The molecular formula is C13H15NO4. The molecule has 96 valence electrons. The van der Waals surface area contributed by atoms with Gasteiger partial charge in [-0.1, -0.05) is 18.2 Å². The number of para-hydroxylation sites is 1. The van der Waals surface area contributed by atoms with Crippen LogP contribution in [0.3, 0.4) is 0 Å². The molecule has 2 rings (SSSR count). The molecule has 1 aromatic carbocycles. The quantitative estimate of drug-likeness (QED) is 0.813. The van der Waals surface area contributed by atoms with E-state index in [0.717, 1.165) is 0 Å². The molecule has 1 heterocycles. The van der Waals surface area contributed by atoms with Crippen molar-refractivity contribution in [2.75, 3.05) is 24.7 Å². The highest BCUT2D eigenvalue weighted by atomic mass is 16.5. The van der Waals surface area contributed by atoms with Crippen molar-refractivity contribution >= 4 is 17.6 Å². The second kappa shape index (κ2) is 4.78. The lowest BCUT2D eigenvalue weighted by atomic mass is 9.84. The molecule has 1 fully saturated rings. The van der Waals surface area contributed by atoms with Gasteiger partial charge in [0.1, 0.15) is 0 Å². The Morgan fingerprint density at radius 2 is 1.94 bits per heavy atom. The molecule has 5 nitrogen and oxygen atoms in total. The van der Waals surface area contributed by atoms with Crippen LogP contribution in [0.5, 0.6) is 0 Å². The third-order valence-corrected chi connectivity index (χ3v) is 3.14. The number of amides is 1. The summed E-state index contributed by atoms with van der Waals surface area (Å²) in [6, 6.07) is 9.06. The Labute approximate surface area is 105 Å². The molecular weight excluding hydrogens is 234 g/mol. The number of aliphatic carboxylic acids is 1. The molecule has 0 aliphatic carbocycles. The number of ether oxygens (including phenoxy) is 1. The van der Waals surface area contributed by atoms with Crippen molar-refractivity contribution in [1.82, 2.24) is 0 Å². The number of benzene rings is 1. The minimum absolute atomic E-state index is 0.0511. The van der Waals surface area contributed by atoms with Crippen molar-refractivity contribution in [2.24, 2.45) is 5.41 Å². The average molecular weight is 249 g/mol. The van der Waals surface area contributed by atoms with E-state index in [1.807, 2.05) is 25.1 Å². The number of hydrogen-bond acceptors (Lipinski definition) is 3. The average Bonchev–Trinajstić information content (AvgIpc) is 2.29. The largest absolute Gasteiger partial charge is 0.480 e. The highest BCUT2D eigenvalue weighted by molar-refractivity contribution is 6.10. The third-order valence-electron chi connectivity index (χ3n) is 3.14. The predicted molar refractivity (Wildman–Crippen MR) is 65.4 cm³/mol. The van der Waals surface area contributed by atoms with E-state index in [2.05, 4.69) is 0 Å². The van der Waals surface area contributed by atoms with Gasteiger partial charge in [-0.2, -0.15) is 0 Å². The van der Waals surface area contributed by atoms with Crippen LogP contribution in [-0.2, 0) is 14.3 Å². The van der Waals surface area contributed by atoms with E-state index >= 15 is 0 Å². The first-order valence-corrected chi connectivity index (χ1v) is 5.80. The molecule has 1 N–H and O–H groups in total. The van der Waals surface area contributed by atoms with Crippen molar-refractivity contribution in [3.8, 4) is 0 Å². The Hall–Kier alpha value is -1.88. The van der Waals surface area contributed by atoms with Crippen molar-refractivity contribution in [1.29, 1.82) is 0 Å². The Morgan fingerprint density at radius 1 is 1.33 bits per heavy atom. The fourth-order valence-electron chi connectivity index (χ4n) is 1.95. The van der Waals surface area contributed by atoms with Crippen LogP contribution in [-0.4, -0.2) is 36.7 Å². The number of nitrogens with zero attached hydrogens (tertiary/aromatic N) is 1. The Kier molecular flexibility index (Phi) is 3.34. The van der Waals surface area contributed by atoms with Gasteiger partial charge < -0.3 is 14.7 Å². The standard InChI is InChI=1S/C13H15NO4/c1-2-14(10-6-4-3-5-7-10)11(15)13(12(16)17)8-18-9-13/h3-7H,2,8-9H2,1H3,(H,16,17). The van der Waals surface area contributed by atoms with Crippen molar-refractivity contribution in [3.05, 3.63) is 30.3 Å². The minimum Gasteiger partial charge on any atom is -0.480 e. The SMILES string of the molecule is CCN(C(=O)C1(C(=O)O)COC1)c1ccccc1. The first kappa shape index (κ1) is 12.6. The zero-order valence-electron chi connectivity index (χ0n) is 10.1. The van der Waals surface area contributed by atoms with Crippen LogP contribution in [0, 0.1) is 5.41 Å². The van der Waals surface area contributed by atoms with Crippen LogP contribution >= 0.6 is 0 Å². The van der Waals surface area contributed by atoms with Crippen molar-refractivity contribution < 1.29 is 19.4 Å². The Balaban J connectivity index is 2.29. The van der Waals surface area contributed by atoms with Gasteiger partial charge in [-0.05, 0) is 19.1 Å². The lowest BCUT2D eigenvalue weighted by molar-refractivity contribution is -0.184. The van der Waals surface area contributed by atoms with Gasteiger partial charge in [0.05, 0.1) is 13.2 Å². The highest BCUT2D eigenvalue weighted by Gasteiger charge is 2.55. The summed E-state index contributed by atoms with van der Waals surface area (Å²) in [7, 11) is 0. The molecule has 0 radical (unpaired) electrons. The maximum absolute atomic E-state index is 12.4. The van der Waals surface area contributed by atoms with Crippen LogP contribution in [0.25, 0.3) is 0 Å². The van der Waals surface area contributed by atoms with E-state index in [-0.39, 0.29) is 13.2 Å². The summed E-state index contributed by atoms with van der Waals surface area (Å²) in [6.45, 7) is 2.15. The van der Waals surface area contributed by atoms with Gasteiger partial charge in [-0.25, -0.2) is 0 Å². The molecule has 1 saturated heterocycles. The molecule has 0 spiro atoms. The monoisotopic (exact) mass is 249 g/mol. The van der Waals surface area contributed by atoms with Gasteiger partial charge in [-0.15, -0.1) is 0 Å². The fourth-order valence-corrected chi connectivity index (χ4v) is 1.95. The summed E-state index contributed by atoms with van der Waals surface area (Å²) in [4.78, 5) is 25.1. The summed E-state index contributed by atoms with van der Waals surface area (Å²) < 4.78 is 4.92. The zero-order chi connectivity index (χ0) is 13.2. The van der Waals surface area contributed by atoms with Gasteiger partial charge in [0, 0.05) is 12.2 Å². The first-order chi connectivity index (χ1) is 8.62. The number of anilines is 1. The van der Waals surface area contributed by atoms with Crippen LogP contribution in [0.4, 0.5) is 5.69 Å². The molecule has 0 unspecified atom stereocenters. The summed E-state index contributed by atoms with van der Waals surface area (Å²) in [6.07, 6.45) is 0. The summed E-state index contributed by atoms with van der Waals surface area (Å²) in [5, 5.41) is 9.22. The van der Waals surface area contributed by atoms with E-state index in [9.17, 15) is 14.7 Å². The van der Waals surface area contributed by atoms with E-state index in [1.165, 1.54) is 4.90 Å². The number of carbonyl (C=O) groups excluding carboxylic acids is 1. The summed E-state index contributed by atoms with van der Waals surface area (Å²) in [5.74, 6) is -1.52. The summed E-state index contributed by atoms with van der Waals surface area (Å²) in [5.41, 5.74) is -0.705. The molecule has 1 amide bonds. The predicted octanol–water partition coefficient (Wildman–Crippen LogP) is 1.14. The van der Waals surface area contributed by atoms with Crippen LogP contribution in [0.15, 0.2) is 30.3 Å². The van der Waals surface area contributed by atoms with Crippen molar-refractivity contribution in [3.63, 3.8) is 0 Å². The molecule has 18 heavy (non-hydrogen) atoms. The fraction of sp³-hybridized carbons (Fsp3) is 0.385. The number of carboxylic acid groups (broad SMARTS) is 1. The van der Waals surface area contributed by atoms with E-state index in [0.29, 0.717) is 12.2 Å². The van der Waals surface area contributed by atoms with Gasteiger partial charge in [0.15, 0.2) is 5.41 Å². The summed E-state index contributed by atoms with van der Waals surface area (Å²) >= 11 is 0. The number of hydrogen-bond donors (Lipinski definition) is 1. The number of carbonyl (C=O) groups is 2. The smallest absolute Gasteiger partial charge is 0.324 e. The lowest BCUT2D eigenvalue weighted by Gasteiger charge is -2.39.